The van der Waals surface area contributed by atoms with Crippen molar-refractivity contribution in [1.29, 1.82) is 0 Å². The Balaban J connectivity index is 2.19. The lowest BCUT2D eigenvalue weighted by molar-refractivity contribution is 0.0697. The van der Waals surface area contributed by atoms with Gasteiger partial charge in [-0.3, -0.25) is 0 Å². The molecule has 2 N–H and O–H groups in total. The number of hydrogen-bond acceptors (Lipinski definition) is 4. The van der Waals surface area contributed by atoms with Crippen LogP contribution in [0.3, 0.4) is 0 Å². The third-order valence-corrected chi connectivity index (χ3v) is 3.10. The molecule has 1 aliphatic heterocycles. The molecule has 0 saturated heterocycles. The average molecular weight is 249 g/mol. The summed E-state index contributed by atoms with van der Waals surface area (Å²) in [7, 11) is 4.10. The molecule has 5 heteroatoms. The number of carboxylic acids is 1. The predicted octanol–water partition coefficient (Wildman–Crippen LogP) is 1.18. The van der Waals surface area contributed by atoms with Crippen LogP contribution in [0.1, 0.15) is 10.4 Å². The molecule has 0 unspecified atom stereocenters. The van der Waals surface area contributed by atoms with Crippen LogP contribution in [0.25, 0.3) is 0 Å². The molecule has 18 heavy (non-hydrogen) atoms. The fourth-order valence-electron chi connectivity index (χ4n) is 2.09. The summed E-state index contributed by atoms with van der Waals surface area (Å²) in [5.74, 6) is -0.884. The number of hydrogen-bond donors (Lipinski definition) is 2. The summed E-state index contributed by atoms with van der Waals surface area (Å²) in [5.41, 5.74) is 2.34. The Morgan fingerprint density at radius 1 is 1.50 bits per heavy atom. The van der Waals surface area contributed by atoms with Crippen molar-refractivity contribution >= 4 is 17.3 Å². The molecule has 0 amide bonds. The molecule has 0 aromatic heterocycles. The van der Waals surface area contributed by atoms with Gasteiger partial charge in [-0.2, -0.15) is 0 Å². The van der Waals surface area contributed by atoms with E-state index in [1.54, 1.807) is 12.1 Å². The van der Waals surface area contributed by atoms with E-state index < -0.39 is 5.97 Å². The van der Waals surface area contributed by atoms with E-state index in [1.807, 2.05) is 6.07 Å². The zero-order chi connectivity index (χ0) is 13.1. The van der Waals surface area contributed by atoms with E-state index in [0.717, 1.165) is 37.6 Å². The minimum atomic E-state index is -0.884. The van der Waals surface area contributed by atoms with Gasteiger partial charge >= 0.3 is 5.97 Å². The molecular weight excluding hydrogens is 230 g/mol. The number of carbonyl (C=O) groups is 1. The molecule has 0 radical (unpaired) electrons. The molecule has 1 heterocycles. The van der Waals surface area contributed by atoms with Gasteiger partial charge in [0.1, 0.15) is 0 Å². The number of carboxylic acid groups (broad SMARTS) is 1. The van der Waals surface area contributed by atoms with Gasteiger partial charge in [0, 0.05) is 26.2 Å². The number of anilines is 2. The van der Waals surface area contributed by atoms with Crippen LogP contribution < -0.4 is 10.2 Å². The lowest BCUT2D eigenvalue weighted by atomic mass is 10.1. The molecule has 5 nitrogen and oxygen atoms in total. The largest absolute Gasteiger partial charge is 0.478 e. The molecule has 0 atom stereocenters. The van der Waals surface area contributed by atoms with E-state index in [2.05, 4.69) is 29.2 Å². The van der Waals surface area contributed by atoms with Crippen molar-refractivity contribution in [2.45, 2.75) is 0 Å². The zero-order valence-electron chi connectivity index (χ0n) is 10.8. The molecule has 98 valence electrons. The van der Waals surface area contributed by atoms with Gasteiger partial charge in [0.25, 0.3) is 0 Å². The normalized spacial score (nSPS) is 14.3. The maximum Gasteiger partial charge on any atom is 0.335 e. The van der Waals surface area contributed by atoms with Crippen molar-refractivity contribution in [3.8, 4) is 0 Å². The molecule has 0 saturated carbocycles. The van der Waals surface area contributed by atoms with Crippen LogP contribution >= 0.6 is 0 Å². The fraction of sp³-hybridized carbons (Fsp3) is 0.462. The van der Waals surface area contributed by atoms with Gasteiger partial charge < -0.3 is 20.2 Å². The molecule has 2 rings (SSSR count). The lowest BCUT2D eigenvalue weighted by Gasteiger charge is -2.33. The first-order valence-corrected chi connectivity index (χ1v) is 6.09. The SMILES string of the molecule is CN(C)CCN1CCNc2cc(C(=O)O)ccc21. The highest BCUT2D eigenvalue weighted by Gasteiger charge is 2.17. The Morgan fingerprint density at radius 3 is 2.94 bits per heavy atom. The predicted molar refractivity (Wildman–Crippen MR) is 72.7 cm³/mol. The summed E-state index contributed by atoms with van der Waals surface area (Å²) < 4.78 is 0. The minimum absolute atomic E-state index is 0.329. The van der Waals surface area contributed by atoms with Crippen molar-refractivity contribution in [3.63, 3.8) is 0 Å². The third kappa shape index (κ3) is 2.73. The maximum atomic E-state index is 10.9. The zero-order valence-corrected chi connectivity index (χ0v) is 10.8. The van der Waals surface area contributed by atoms with E-state index in [-0.39, 0.29) is 0 Å². The highest BCUT2D eigenvalue weighted by molar-refractivity contribution is 5.91. The van der Waals surface area contributed by atoms with Crippen LogP contribution in [0.5, 0.6) is 0 Å². The highest BCUT2D eigenvalue weighted by Crippen LogP contribution is 2.29. The number of nitrogens with zero attached hydrogens (tertiary/aromatic N) is 2. The van der Waals surface area contributed by atoms with E-state index in [4.69, 9.17) is 5.11 Å². The summed E-state index contributed by atoms with van der Waals surface area (Å²) in [6.45, 7) is 3.74. The fourth-order valence-corrected chi connectivity index (χ4v) is 2.09. The summed E-state index contributed by atoms with van der Waals surface area (Å²) in [4.78, 5) is 15.4. The van der Waals surface area contributed by atoms with Gasteiger partial charge in [-0.05, 0) is 32.3 Å². The average Bonchev–Trinajstić information content (AvgIpc) is 2.35. The van der Waals surface area contributed by atoms with Gasteiger partial charge in [-0.25, -0.2) is 4.79 Å². The monoisotopic (exact) mass is 249 g/mol. The number of fused-ring (bicyclic) bond motifs is 1. The lowest BCUT2D eigenvalue weighted by Crippen LogP contribution is -2.38. The van der Waals surface area contributed by atoms with E-state index in [9.17, 15) is 4.79 Å². The summed E-state index contributed by atoms with van der Waals surface area (Å²) >= 11 is 0. The van der Waals surface area contributed by atoms with Crippen LogP contribution in [0.4, 0.5) is 11.4 Å². The van der Waals surface area contributed by atoms with E-state index >= 15 is 0 Å². The van der Waals surface area contributed by atoms with Gasteiger partial charge in [-0.1, -0.05) is 0 Å². The molecule has 0 fully saturated rings. The van der Waals surface area contributed by atoms with Gasteiger partial charge in [0.15, 0.2) is 0 Å². The number of likely N-dealkylation sites (N-methyl/N-ethyl adjacent to an activating group) is 1. The van der Waals surface area contributed by atoms with Crippen molar-refractivity contribution < 1.29 is 9.90 Å². The number of benzene rings is 1. The smallest absolute Gasteiger partial charge is 0.335 e. The van der Waals surface area contributed by atoms with Crippen LogP contribution in [0.2, 0.25) is 0 Å². The number of nitrogens with one attached hydrogen (secondary N) is 1. The van der Waals surface area contributed by atoms with Gasteiger partial charge in [-0.15, -0.1) is 0 Å². The summed E-state index contributed by atoms with van der Waals surface area (Å²) in [5, 5.41) is 12.2. The number of aromatic carboxylic acids is 1. The third-order valence-electron chi connectivity index (χ3n) is 3.10. The first-order valence-electron chi connectivity index (χ1n) is 6.09. The van der Waals surface area contributed by atoms with Crippen molar-refractivity contribution in [2.24, 2.45) is 0 Å². The van der Waals surface area contributed by atoms with Crippen molar-refractivity contribution in [2.75, 3.05) is 50.5 Å². The van der Waals surface area contributed by atoms with Crippen LogP contribution in [-0.2, 0) is 0 Å². The molecule has 1 aromatic carbocycles. The Hall–Kier alpha value is -1.75. The van der Waals surface area contributed by atoms with Crippen LogP contribution in [0.15, 0.2) is 18.2 Å². The minimum Gasteiger partial charge on any atom is -0.478 e. The molecule has 1 aliphatic rings. The summed E-state index contributed by atoms with van der Waals surface area (Å²) in [6.07, 6.45) is 0. The van der Waals surface area contributed by atoms with E-state index in [1.165, 1.54) is 0 Å². The second kappa shape index (κ2) is 5.27. The van der Waals surface area contributed by atoms with Crippen molar-refractivity contribution in [3.05, 3.63) is 23.8 Å². The molecule has 0 bridgehead atoms. The summed E-state index contributed by atoms with van der Waals surface area (Å²) in [6, 6.07) is 5.26. The first-order chi connectivity index (χ1) is 8.58. The molecular formula is C13H19N3O2. The topological polar surface area (TPSA) is 55.8 Å². The van der Waals surface area contributed by atoms with Crippen LogP contribution in [-0.4, -0.2) is 56.3 Å². The Kier molecular flexibility index (Phi) is 3.72. The number of rotatable bonds is 4. The van der Waals surface area contributed by atoms with E-state index in [0.29, 0.717) is 5.56 Å². The molecule has 1 aromatic rings. The second-order valence-corrected chi connectivity index (χ2v) is 4.75. The quantitative estimate of drug-likeness (QED) is 0.839. The first kappa shape index (κ1) is 12.7. The van der Waals surface area contributed by atoms with Crippen molar-refractivity contribution in [1.82, 2.24) is 4.90 Å². The Labute approximate surface area is 107 Å². The highest BCUT2D eigenvalue weighted by atomic mass is 16.4. The standard InChI is InChI=1S/C13H19N3O2/c1-15(2)7-8-16-6-5-14-11-9-10(13(17)18)3-4-12(11)16/h3-4,9,14H,5-8H2,1-2H3,(H,17,18). The molecule has 0 aliphatic carbocycles. The van der Waals surface area contributed by atoms with Gasteiger partial charge in [0.2, 0.25) is 0 Å². The molecule has 0 spiro atoms. The maximum absolute atomic E-state index is 10.9. The Morgan fingerprint density at radius 2 is 2.28 bits per heavy atom. The Bertz CT molecular complexity index is 446. The van der Waals surface area contributed by atoms with Gasteiger partial charge in [0.05, 0.1) is 16.9 Å². The van der Waals surface area contributed by atoms with Crippen LogP contribution in [0, 0.1) is 0 Å². The second-order valence-electron chi connectivity index (χ2n) is 4.75.